The van der Waals surface area contributed by atoms with Gasteiger partial charge in [-0.1, -0.05) is 18.2 Å². The van der Waals surface area contributed by atoms with Crippen LogP contribution in [0, 0.1) is 0 Å². The fraction of sp³-hybridized carbons (Fsp3) is 0.632. The summed E-state index contributed by atoms with van der Waals surface area (Å²) < 4.78 is 5.51. The van der Waals surface area contributed by atoms with Crippen LogP contribution in [0.15, 0.2) is 24.3 Å². The quantitative estimate of drug-likeness (QED) is 0.903. The Morgan fingerprint density at radius 1 is 1.21 bits per heavy atom. The number of carbonyl (C=O) groups excluding carboxylic acids is 1. The monoisotopic (exact) mass is 329 g/mol. The van der Waals surface area contributed by atoms with Gasteiger partial charge in [0.05, 0.1) is 12.5 Å². The van der Waals surface area contributed by atoms with Gasteiger partial charge in [0.15, 0.2) is 0 Å². The number of likely N-dealkylation sites (tertiary alicyclic amines) is 1. The first kappa shape index (κ1) is 15.9. The minimum atomic E-state index is -0.328. The number of hydrogen-bond donors (Lipinski definition) is 1. The molecule has 1 aromatic rings. The average Bonchev–Trinajstić information content (AvgIpc) is 3.31. The largest absolute Gasteiger partial charge is 0.496 e. The fourth-order valence-electron chi connectivity index (χ4n) is 4.34. The lowest BCUT2D eigenvalue weighted by Crippen LogP contribution is -2.49. The molecule has 2 heterocycles. The van der Waals surface area contributed by atoms with Crippen LogP contribution in [-0.4, -0.2) is 68.1 Å². The average molecular weight is 329 g/mol. The molecule has 0 bridgehead atoms. The van der Waals surface area contributed by atoms with E-state index < -0.39 is 0 Å². The van der Waals surface area contributed by atoms with Crippen molar-refractivity contribution < 1.29 is 9.53 Å². The molecule has 1 saturated carbocycles. The van der Waals surface area contributed by atoms with Gasteiger partial charge in [-0.2, -0.15) is 0 Å². The second kappa shape index (κ2) is 6.37. The molecule has 1 amide bonds. The van der Waals surface area contributed by atoms with E-state index in [0.29, 0.717) is 11.9 Å². The number of benzene rings is 1. The highest BCUT2D eigenvalue weighted by Crippen LogP contribution is 2.52. The topological polar surface area (TPSA) is 44.8 Å². The number of amides is 1. The van der Waals surface area contributed by atoms with Gasteiger partial charge in [-0.15, -0.1) is 0 Å². The second-order valence-electron chi connectivity index (χ2n) is 7.26. The lowest BCUT2D eigenvalue weighted by molar-refractivity contribution is -0.133. The number of carbonyl (C=O) groups is 1. The zero-order chi connectivity index (χ0) is 16.6. The van der Waals surface area contributed by atoms with Crippen LogP contribution in [0.2, 0.25) is 0 Å². The number of nitrogens with one attached hydrogen (secondary N) is 1. The van der Waals surface area contributed by atoms with Crippen LogP contribution in [0.3, 0.4) is 0 Å². The van der Waals surface area contributed by atoms with Crippen LogP contribution in [-0.2, 0) is 10.2 Å². The standard InChI is InChI=1S/C19H27N3O2/c1-24-17-5-3-2-4-16(17)19(7-8-19)18(23)22-11-6-15(14-22)21-12-9-20-10-13-21/h2-5,15,20H,6-14H2,1H3. The summed E-state index contributed by atoms with van der Waals surface area (Å²) in [6, 6.07) is 8.55. The Morgan fingerprint density at radius 2 is 1.96 bits per heavy atom. The highest BCUT2D eigenvalue weighted by molar-refractivity contribution is 5.92. The molecule has 2 aliphatic heterocycles. The number of rotatable bonds is 4. The van der Waals surface area contributed by atoms with E-state index in [1.54, 1.807) is 7.11 Å². The molecule has 3 aliphatic rings. The Labute approximate surface area is 144 Å². The summed E-state index contributed by atoms with van der Waals surface area (Å²) in [5.74, 6) is 1.16. The number of hydrogen-bond acceptors (Lipinski definition) is 4. The van der Waals surface area contributed by atoms with Gasteiger partial charge < -0.3 is 15.0 Å². The molecular weight excluding hydrogens is 302 g/mol. The van der Waals surface area contributed by atoms with Crippen LogP contribution in [0.1, 0.15) is 24.8 Å². The molecule has 1 aliphatic carbocycles. The predicted octanol–water partition coefficient (Wildman–Crippen LogP) is 1.23. The summed E-state index contributed by atoms with van der Waals surface area (Å²) in [7, 11) is 1.69. The lowest BCUT2D eigenvalue weighted by atomic mass is 9.93. The molecule has 1 N–H and O–H groups in total. The van der Waals surface area contributed by atoms with E-state index in [2.05, 4.69) is 21.2 Å². The third-order valence-electron chi connectivity index (χ3n) is 5.90. The van der Waals surface area contributed by atoms with Crippen molar-refractivity contribution in [3.8, 4) is 5.75 Å². The van der Waals surface area contributed by atoms with E-state index >= 15 is 0 Å². The molecule has 24 heavy (non-hydrogen) atoms. The number of piperazine rings is 1. The van der Waals surface area contributed by atoms with Gasteiger partial charge in [-0.05, 0) is 25.3 Å². The highest BCUT2D eigenvalue weighted by atomic mass is 16.5. The minimum Gasteiger partial charge on any atom is -0.496 e. The van der Waals surface area contributed by atoms with Gasteiger partial charge in [-0.25, -0.2) is 0 Å². The van der Waals surface area contributed by atoms with E-state index in [4.69, 9.17) is 4.74 Å². The molecule has 1 aromatic carbocycles. The molecule has 0 aromatic heterocycles. The maximum absolute atomic E-state index is 13.3. The van der Waals surface area contributed by atoms with Gasteiger partial charge >= 0.3 is 0 Å². The third-order valence-corrected chi connectivity index (χ3v) is 5.90. The maximum atomic E-state index is 13.3. The summed E-state index contributed by atoms with van der Waals surface area (Å²) in [4.78, 5) is 17.9. The zero-order valence-electron chi connectivity index (χ0n) is 14.5. The smallest absolute Gasteiger partial charge is 0.233 e. The van der Waals surface area contributed by atoms with Crippen molar-refractivity contribution in [2.45, 2.75) is 30.7 Å². The Bertz CT molecular complexity index is 608. The molecule has 4 rings (SSSR count). The molecule has 2 saturated heterocycles. The first-order chi connectivity index (χ1) is 11.7. The molecule has 5 nitrogen and oxygen atoms in total. The Balaban J connectivity index is 1.48. The van der Waals surface area contributed by atoms with Crippen LogP contribution in [0.5, 0.6) is 5.75 Å². The minimum absolute atomic E-state index is 0.310. The molecule has 1 atom stereocenters. The van der Waals surface area contributed by atoms with Crippen LogP contribution in [0.4, 0.5) is 0 Å². The molecular formula is C19H27N3O2. The fourth-order valence-corrected chi connectivity index (χ4v) is 4.34. The van der Waals surface area contributed by atoms with E-state index in [0.717, 1.165) is 69.8 Å². The summed E-state index contributed by atoms with van der Waals surface area (Å²) >= 11 is 0. The summed E-state index contributed by atoms with van der Waals surface area (Å²) in [5.41, 5.74) is 0.744. The first-order valence-electron chi connectivity index (χ1n) is 9.12. The van der Waals surface area contributed by atoms with E-state index in [1.807, 2.05) is 18.2 Å². The Kier molecular flexibility index (Phi) is 4.22. The Morgan fingerprint density at radius 3 is 2.67 bits per heavy atom. The van der Waals surface area contributed by atoms with Crippen molar-refractivity contribution in [2.24, 2.45) is 0 Å². The predicted molar refractivity (Wildman–Crippen MR) is 93.3 cm³/mol. The zero-order valence-corrected chi connectivity index (χ0v) is 14.5. The molecule has 0 radical (unpaired) electrons. The van der Waals surface area contributed by atoms with E-state index in [-0.39, 0.29) is 5.41 Å². The van der Waals surface area contributed by atoms with Crippen molar-refractivity contribution >= 4 is 5.91 Å². The van der Waals surface area contributed by atoms with Crippen LogP contribution in [0.25, 0.3) is 0 Å². The summed E-state index contributed by atoms with van der Waals surface area (Å²) in [5, 5.41) is 3.40. The van der Waals surface area contributed by atoms with Crippen molar-refractivity contribution in [1.82, 2.24) is 15.1 Å². The van der Waals surface area contributed by atoms with Gasteiger partial charge in [-0.3, -0.25) is 9.69 Å². The Hall–Kier alpha value is -1.59. The molecule has 5 heteroatoms. The van der Waals surface area contributed by atoms with Crippen LogP contribution < -0.4 is 10.1 Å². The first-order valence-corrected chi connectivity index (χ1v) is 9.12. The van der Waals surface area contributed by atoms with Crippen molar-refractivity contribution in [3.05, 3.63) is 29.8 Å². The molecule has 3 fully saturated rings. The SMILES string of the molecule is COc1ccccc1C1(C(=O)N2CCC(N3CCNCC3)C2)CC1. The van der Waals surface area contributed by atoms with Gasteiger partial charge in [0.2, 0.25) is 5.91 Å². The van der Waals surface area contributed by atoms with E-state index in [9.17, 15) is 4.79 Å². The highest BCUT2D eigenvalue weighted by Gasteiger charge is 2.55. The second-order valence-corrected chi connectivity index (χ2v) is 7.26. The van der Waals surface area contributed by atoms with E-state index in [1.165, 1.54) is 0 Å². The molecule has 1 unspecified atom stereocenters. The maximum Gasteiger partial charge on any atom is 0.233 e. The van der Waals surface area contributed by atoms with Crippen molar-refractivity contribution in [1.29, 1.82) is 0 Å². The number of methoxy groups -OCH3 is 1. The third kappa shape index (κ3) is 2.70. The van der Waals surface area contributed by atoms with Gasteiger partial charge in [0.1, 0.15) is 5.75 Å². The molecule has 130 valence electrons. The van der Waals surface area contributed by atoms with Gasteiger partial charge in [0, 0.05) is 50.9 Å². The lowest BCUT2D eigenvalue weighted by Gasteiger charge is -2.33. The van der Waals surface area contributed by atoms with Crippen LogP contribution >= 0.6 is 0 Å². The molecule has 0 spiro atoms. The van der Waals surface area contributed by atoms with Gasteiger partial charge in [0.25, 0.3) is 0 Å². The number of ether oxygens (including phenoxy) is 1. The summed E-state index contributed by atoms with van der Waals surface area (Å²) in [6.45, 7) is 6.11. The summed E-state index contributed by atoms with van der Waals surface area (Å²) in [6.07, 6.45) is 3.00. The van der Waals surface area contributed by atoms with Crippen molar-refractivity contribution in [3.63, 3.8) is 0 Å². The normalized spacial score (nSPS) is 26.4. The number of para-hydroxylation sites is 1. The number of nitrogens with zero attached hydrogens (tertiary/aromatic N) is 2. The van der Waals surface area contributed by atoms with Crippen molar-refractivity contribution in [2.75, 3.05) is 46.4 Å².